The van der Waals surface area contributed by atoms with Crippen LogP contribution in [0.15, 0.2) is 84.9 Å². The Bertz CT molecular complexity index is 851. The molecule has 4 heteroatoms. The largest absolute Gasteiger partial charge is 0.455 e. The van der Waals surface area contributed by atoms with Gasteiger partial charge in [0.05, 0.1) is 12.2 Å². The SMILES string of the molecule is CCN(CC(=O)Nc1ccccc1Oc1ccccc1)Cc1ccccc1. The minimum Gasteiger partial charge on any atom is -0.455 e. The highest BCUT2D eigenvalue weighted by Gasteiger charge is 2.12. The van der Waals surface area contributed by atoms with Crippen molar-refractivity contribution in [3.05, 3.63) is 90.5 Å². The second kappa shape index (κ2) is 9.55. The first-order chi connectivity index (χ1) is 13.2. The first kappa shape index (κ1) is 18.7. The number of nitrogens with one attached hydrogen (secondary N) is 1. The van der Waals surface area contributed by atoms with E-state index in [-0.39, 0.29) is 5.91 Å². The van der Waals surface area contributed by atoms with Gasteiger partial charge in [-0.2, -0.15) is 0 Å². The fraction of sp³-hybridized carbons (Fsp3) is 0.174. The number of hydrogen-bond acceptors (Lipinski definition) is 3. The molecule has 0 bridgehead atoms. The van der Waals surface area contributed by atoms with Crippen LogP contribution in [-0.4, -0.2) is 23.9 Å². The third-order valence-electron chi connectivity index (χ3n) is 4.20. The van der Waals surface area contributed by atoms with Crippen LogP contribution in [0.5, 0.6) is 11.5 Å². The normalized spacial score (nSPS) is 10.6. The highest BCUT2D eigenvalue weighted by Crippen LogP contribution is 2.29. The zero-order valence-corrected chi connectivity index (χ0v) is 15.5. The Labute approximate surface area is 160 Å². The van der Waals surface area contributed by atoms with Crippen LogP contribution in [0.25, 0.3) is 0 Å². The second-order valence-electron chi connectivity index (χ2n) is 6.25. The Morgan fingerprint density at radius 1 is 0.889 bits per heavy atom. The van der Waals surface area contributed by atoms with Crippen LogP contribution in [0.4, 0.5) is 5.69 Å². The van der Waals surface area contributed by atoms with Crippen molar-refractivity contribution in [1.82, 2.24) is 4.90 Å². The number of likely N-dealkylation sites (N-methyl/N-ethyl adjacent to an activating group) is 1. The standard InChI is InChI=1S/C23H24N2O2/c1-2-25(17-19-11-5-3-6-12-19)18-23(26)24-21-15-9-10-16-22(21)27-20-13-7-4-8-14-20/h3-16H,2,17-18H2,1H3,(H,24,26). The zero-order chi connectivity index (χ0) is 18.9. The lowest BCUT2D eigenvalue weighted by atomic mass is 10.2. The molecule has 27 heavy (non-hydrogen) atoms. The molecule has 0 saturated carbocycles. The van der Waals surface area contributed by atoms with Gasteiger partial charge in [-0.15, -0.1) is 0 Å². The van der Waals surface area contributed by atoms with Gasteiger partial charge in [-0.05, 0) is 36.4 Å². The maximum Gasteiger partial charge on any atom is 0.238 e. The summed E-state index contributed by atoms with van der Waals surface area (Å²) in [5.41, 5.74) is 1.86. The summed E-state index contributed by atoms with van der Waals surface area (Å²) in [6.07, 6.45) is 0. The fourth-order valence-electron chi connectivity index (χ4n) is 2.79. The third kappa shape index (κ3) is 5.69. The Morgan fingerprint density at radius 3 is 2.22 bits per heavy atom. The van der Waals surface area contributed by atoms with E-state index in [0.717, 1.165) is 18.8 Å². The summed E-state index contributed by atoms with van der Waals surface area (Å²) in [6, 6.07) is 27.2. The summed E-state index contributed by atoms with van der Waals surface area (Å²) in [6.45, 7) is 3.92. The van der Waals surface area contributed by atoms with E-state index in [1.807, 2.05) is 72.8 Å². The van der Waals surface area contributed by atoms with Gasteiger partial charge in [-0.25, -0.2) is 0 Å². The van der Waals surface area contributed by atoms with E-state index < -0.39 is 0 Å². The lowest BCUT2D eigenvalue weighted by Gasteiger charge is -2.20. The first-order valence-corrected chi connectivity index (χ1v) is 9.12. The lowest BCUT2D eigenvalue weighted by Crippen LogP contribution is -2.32. The number of benzene rings is 3. The highest BCUT2D eigenvalue weighted by atomic mass is 16.5. The molecule has 4 nitrogen and oxygen atoms in total. The van der Waals surface area contributed by atoms with Crippen LogP contribution in [0, 0.1) is 0 Å². The van der Waals surface area contributed by atoms with Crippen LogP contribution >= 0.6 is 0 Å². The van der Waals surface area contributed by atoms with Gasteiger partial charge >= 0.3 is 0 Å². The van der Waals surface area contributed by atoms with E-state index in [9.17, 15) is 4.79 Å². The Balaban J connectivity index is 1.63. The average Bonchev–Trinajstić information content (AvgIpc) is 2.70. The number of hydrogen-bond donors (Lipinski definition) is 1. The molecule has 3 aromatic rings. The topological polar surface area (TPSA) is 41.6 Å². The van der Waals surface area contributed by atoms with Gasteiger partial charge in [0.2, 0.25) is 5.91 Å². The van der Waals surface area contributed by atoms with E-state index in [0.29, 0.717) is 18.0 Å². The molecule has 0 unspecified atom stereocenters. The van der Waals surface area contributed by atoms with Crippen LogP contribution in [0.2, 0.25) is 0 Å². The summed E-state index contributed by atoms with van der Waals surface area (Å²) in [5, 5.41) is 2.98. The van der Waals surface area contributed by atoms with Crippen molar-refractivity contribution in [2.45, 2.75) is 13.5 Å². The van der Waals surface area contributed by atoms with Gasteiger partial charge in [-0.1, -0.05) is 67.6 Å². The molecule has 1 N–H and O–H groups in total. The van der Waals surface area contributed by atoms with Crippen molar-refractivity contribution in [2.24, 2.45) is 0 Å². The average molecular weight is 360 g/mol. The minimum atomic E-state index is -0.0584. The number of carbonyl (C=O) groups excluding carboxylic acids is 1. The maximum absolute atomic E-state index is 12.6. The molecule has 0 aromatic heterocycles. The molecule has 0 radical (unpaired) electrons. The zero-order valence-electron chi connectivity index (χ0n) is 15.5. The number of para-hydroxylation sites is 3. The van der Waals surface area contributed by atoms with E-state index in [1.165, 1.54) is 5.56 Å². The van der Waals surface area contributed by atoms with Crippen LogP contribution in [0.1, 0.15) is 12.5 Å². The van der Waals surface area contributed by atoms with Gasteiger partial charge < -0.3 is 10.1 Å². The molecular weight excluding hydrogens is 336 g/mol. The summed E-state index contributed by atoms with van der Waals surface area (Å²) in [4.78, 5) is 14.7. The van der Waals surface area contributed by atoms with Crippen molar-refractivity contribution in [2.75, 3.05) is 18.4 Å². The minimum absolute atomic E-state index is 0.0584. The molecule has 0 heterocycles. The molecule has 3 aromatic carbocycles. The van der Waals surface area contributed by atoms with Crippen LogP contribution in [-0.2, 0) is 11.3 Å². The Kier molecular flexibility index (Phi) is 6.61. The molecule has 0 atom stereocenters. The number of anilines is 1. The van der Waals surface area contributed by atoms with E-state index in [1.54, 1.807) is 0 Å². The number of nitrogens with zero attached hydrogens (tertiary/aromatic N) is 1. The van der Waals surface area contributed by atoms with Gasteiger partial charge in [0.25, 0.3) is 0 Å². The smallest absolute Gasteiger partial charge is 0.238 e. The van der Waals surface area contributed by atoms with E-state index in [2.05, 4.69) is 29.3 Å². The molecule has 0 fully saturated rings. The molecule has 1 amide bonds. The number of rotatable bonds is 8. The number of ether oxygens (including phenoxy) is 1. The molecule has 0 saturated heterocycles. The molecule has 0 aliphatic carbocycles. The fourth-order valence-corrected chi connectivity index (χ4v) is 2.79. The van der Waals surface area contributed by atoms with Crippen LogP contribution < -0.4 is 10.1 Å². The Morgan fingerprint density at radius 2 is 1.52 bits per heavy atom. The number of carbonyl (C=O) groups is 1. The summed E-state index contributed by atoms with van der Waals surface area (Å²) >= 11 is 0. The molecule has 138 valence electrons. The first-order valence-electron chi connectivity index (χ1n) is 9.12. The molecule has 3 rings (SSSR count). The maximum atomic E-state index is 12.6. The summed E-state index contributed by atoms with van der Waals surface area (Å²) in [5.74, 6) is 1.30. The molecule has 0 aliphatic rings. The van der Waals surface area contributed by atoms with Crippen molar-refractivity contribution in [1.29, 1.82) is 0 Å². The quantitative estimate of drug-likeness (QED) is 0.619. The Hall–Kier alpha value is -3.11. The lowest BCUT2D eigenvalue weighted by molar-refractivity contribution is -0.117. The van der Waals surface area contributed by atoms with Crippen molar-refractivity contribution in [3.8, 4) is 11.5 Å². The predicted molar refractivity (Wildman–Crippen MR) is 109 cm³/mol. The van der Waals surface area contributed by atoms with E-state index in [4.69, 9.17) is 4.74 Å². The molecule has 0 spiro atoms. The molecule has 0 aliphatic heterocycles. The molecular formula is C23H24N2O2. The van der Waals surface area contributed by atoms with Gasteiger partial charge in [0.15, 0.2) is 5.75 Å². The highest BCUT2D eigenvalue weighted by molar-refractivity contribution is 5.93. The van der Waals surface area contributed by atoms with Crippen molar-refractivity contribution < 1.29 is 9.53 Å². The van der Waals surface area contributed by atoms with Crippen molar-refractivity contribution in [3.63, 3.8) is 0 Å². The van der Waals surface area contributed by atoms with Crippen molar-refractivity contribution >= 4 is 11.6 Å². The van der Waals surface area contributed by atoms with Gasteiger partial charge in [-0.3, -0.25) is 9.69 Å². The van der Waals surface area contributed by atoms with Crippen LogP contribution in [0.3, 0.4) is 0 Å². The predicted octanol–water partition coefficient (Wildman–Crippen LogP) is 4.94. The van der Waals surface area contributed by atoms with E-state index >= 15 is 0 Å². The summed E-state index contributed by atoms with van der Waals surface area (Å²) < 4.78 is 5.91. The van der Waals surface area contributed by atoms with Gasteiger partial charge in [0, 0.05) is 6.54 Å². The third-order valence-corrected chi connectivity index (χ3v) is 4.20. The second-order valence-corrected chi connectivity index (χ2v) is 6.25. The summed E-state index contributed by atoms with van der Waals surface area (Å²) in [7, 11) is 0. The monoisotopic (exact) mass is 360 g/mol. The van der Waals surface area contributed by atoms with Gasteiger partial charge in [0.1, 0.15) is 5.75 Å². The number of amides is 1.